The lowest BCUT2D eigenvalue weighted by atomic mass is 10.0. The minimum atomic E-state index is -5.08. The zero-order chi connectivity index (χ0) is 23.3. The molecule has 0 atom stereocenters. The predicted octanol–water partition coefficient (Wildman–Crippen LogP) is 5.02. The number of nitrogens with two attached hydrogens (primary N) is 1. The molecule has 0 saturated heterocycles. The number of carbonyl (C=O) groups excluding carboxylic acids is 1. The van der Waals surface area contributed by atoms with Crippen LogP contribution in [0.15, 0.2) is 47.9 Å². The van der Waals surface area contributed by atoms with Gasteiger partial charge in [0, 0.05) is 5.02 Å². The first-order valence-electron chi connectivity index (χ1n) is 7.50. The zero-order valence-corrected chi connectivity index (χ0v) is 16.1. The molecule has 30 heavy (non-hydrogen) atoms. The first kappa shape index (κ1) is 25.5. The number of hydrogen-bond acceptors (Lipinski definition) is 3. The van der Waals surface area contributed by atoms with Crippen molar-refractivity contribution >= 4 is 33.7 Å². The van der Waals surface area contributed by atoms with Crippen molar-refractivity contribution in [2.24, 2.45) is 5.73 Å². The SMILES string of the molecule is NC(=O)c1ccc(C(F)(F)F)cc1C(F)(F)F.O=S(=O)(O)/C=C/c1ccccc1Cl. The van der Waals surface area contributed by atoms with E-state index in [-0.39, 0.29) is 6.07 Å². The van der Waals surface area contributed by atoms with Gasteiger partial charge in [-0.2, -0.15) is 34.8 Å². The first-order chi connectivity index (χ1) is 13.5. The molecule has 2 aromatic rings. The molecule has 0 aliphatic carbocycles. The summed E-state index contributed by atoms with van der Waals surface area (Å²) in [4.78, 5) is 10.7. The Morgan fingerprint density at radius 2 is 1.57 bits per heavy atom. The summed E-state index contributed by atoms with van der Waals surface area (Å²) >= 11 is 5.73. The van der Waals surface area contributed by atoms with Crippen molar-refractivity contribution < 1.29 is 44.1 Å². The van der Waals surface area contributed by atoms with E-state index in [0.717, 1.165) is 0 Å². The monoisotopic (exact) mass is 475 g/mol. The van der Waals surface area contributed by atoms with E-state index in [1.54, 1.807) is 24.3 Å². The van der Waals surface area contributed by atoms with Gasteiger partial charge in [0.15, 0.2) is 0 Å². The Balaban J connectivity index is 0.000000311. The molecular weight excluding hydrogens is 464 g/mol. The maximum Gasteiger partial charge on any atom is 0.417 e. The Kier molecular flexibility index (Phi) is 8.06. The molecule has 0 aromatic heterocycles. The van der Waals surface area contributed by atoms with Crippen molar-refractivity contribution in [1.29, 1.82) is 0 Å². The maximum absolute atomic E-state index is 12.4. The van der Waals surface area contributed by atoms with E-state index in [1.807, 2.05) is 0 Å². The highest BCUT2D eigenvalue weighted by Gasteiger charge is 2.39. The molecule has 0 aliphatic rings. The molecule has 1 amide bonds. The van der Waals surface area contributed by atoms with Gasteiger partial charge in [0.25, 0.3) is 10.1 Å². The van der Waals surface area contributed by atoms with E-state index in [9.17, 15) is 39.6 Å². The number of alkyl halides is 6. The topological polar surface area (TPSA) is 97.5 Å². The molecule has 0 heterocycles. The Labute approximate surface area is 171 Å². The minimum Gasteiger partial charge on any atom is -0.366 e. The van der Waals surface area contributed by atoms with Gasteiger partial charge < -0.3 is 5.73 Å². The number of primary amides is 1. The lowest BCUT2D eigenvalue weighted by molar-refractivity contribution is -0.143. The molecule has 0 bridgehead atoms. The second-order valence-corrected chi connectivity index (χ2v) is 7.17. The van der Waals surface area contributed by atoms with Crippen LogP contribution in [0.4, 0.5) is 26.3 Å². The van der Waals surface area contributed by atoms with E-state index in [0.29, 0.717) is 28.1 Å². The minimum absolute atomic E-state index is 0.139. The highest BCUT2D eigenvalue weighted by molar-refractivity contribution is 7.88. The van der Waals surface area contributed by atoms with Gasteiger partial charge in [-0.1, -0.05) is 29.8 Å². The van der Waals surface area contributed by atoms with E-state index in [2.05, 4.69) is 5.73 Å². The molecule has 2 rings (SSSR count). The standard InChI is InChI=1S/C9H5F6NO.C8H7ClO3S/c10-8(11,12)4-1-2-5(7(16)17)6(3-4)9(13,14)15;9-8-4-2-1-3-7(8)5-6-13(10,11)12/h1-3H,(H2,16,17);1-6H,(H,10,11,12)/b;6-5+. The Hall–Kier alpha value is -2.57. The van der Waals surface area contributed by atoms with Crippen LogP contribution < -0.4 is 5.73 Å². The predicted molar refractivity (Wildman–Crippen MR) is 97.0 cm³/mol. The van der Waals surface area contributed by atoms with Gasteiger partial charge in [-0.15, -0.1) is 0 Å². The summed E-state index contributed by atoms with van der Waals surface area (Å²) in [5, 5.41) is 1.12. The highest BCUT2D eigenvalue weighted by Crippen LogP contribution is 2.37. The number of rotatable bonds is 3. The zero-order valence-electron chi connectivity index (χ0n) is 14.5. The molecule has 13 heteroatoms. The van der Waals surface area contributed by atoms with Crippen LogP contribution in [0, 0.1) is 0 Å². The van der Waals surface area contributed by atoms with Gasteiger partial charge >= 0.3 is 12.4 Å². The van der Waals surface area contributed by atoms with Gasteiger partial charge in [0.2, 0.25) is 5.91 Å². The summed E-state index contributed by atoms with van der Waals surface area (Å²) in [5.74, 6) is -1.44. The van der Waals surface area contributed by atoms with Crippen LogP contribution in [-0.2, 0) is 22.5 Å². The van der Waals surface area contributed by atoms with Crippen molar-refractivity contribution in [3.8, 4) is 0 Å². The van der Waals surface area contributed by atoms with Gasteiger partial charge in [-0.3, -0.25) is 9.35 Å². The van der Waals surface area contributed by atoms with Crippen LogP contribution in [0.2, 0.25) is 5.02 Å². The summed E-state index contributed by atoms with van der Waals surface area (Å²) in [6.45, 7) is 0. The van der Waals surface area contributed by atoms with Crippen LogP contribution in [0.5, 0.6) is 0 Å². The van der Waals surface area contributed by atoms with E-state index < -0.39 is 45.1 Å². The van der Waals surface area contributed by atoms with Crippen molar-refractivity contribution in [2.75, 3.05) is 0 Å². The second kappa shape index (κ2) is 9.49. The lowest BCUT2D eigenvalue weighted by Crippen LogP contribution is -2.20. The van der Waals surface area contributed by atoms with Crippen molar-refractivity contribution in [1.82, 2.24) is 0 Å². The molecule has 0 aliphatic heterocycles. The van der Waals surface area contributed by atoms with Crippen LogP contribution in [0.3, 0.4) is 0 Å². The highest BCUT2D eigenvalue weighted by atomic mass is 35.5. The fourth-order valence-corrected chi connectivity index (χ4v) is 2.46. The molecule has 5 nitrogen and oxygen atoms in total. The fraction of sp³-hybridized carbons (Fsp3) is 0.118. The Bertz CT molecular complexity index is 1050. The Morgan fingerprint density at radius 3 is 2.00 bits per heavy atom. The number of halogens is 7. The smallest absolute Gasteiger partial charge is 0.366 e. The average Bonchev–Trinajstić information content (AvgIpc) is 2.59. The molecule has 0 unspecified atom stereocenters. The van der Waals surface area contributed by atoms with Crippen LogP contribution in [0.25, 0.3) is 6.08 Å². The van der Waals surface area contributed by atoms with Gasteiger partial charge in [0.05, 0.1) is 22.1 Å². The maximum atomic E-state index is 12.4. The van der Waals surface area contributed by atoms with Crippen LogP contribution >= 0.6 is 11.6 Å². The second-order valence-electron chi connectivity index (χ2n) is 5.46. The summed E-state index contributed by atoms with van der Waals surface area (Å²) in [7, 11) is -4.08. The van der Waals surface area contributed by atoms with Crippen LogP contribution in [0.1, 0.15) is 27.0 Å². The number of hydrogen-bond donors (Lipinski definition) is 2. The summed E-state index contributed by atoms with van der Waals surface area (Å²) in [5.41, 5.74) is 1.01. The van der Waals surface area contributed by atoms with Gasteiger partial charge in [-0.05, 0) is 35.9 Å². The normalized spacial score (nSPS) is 12.4. The molecule has 0 spiro atoms. The van der Waals surface area contributed by atoms with E-state index >= 15 is 0 Å². The third-order valence-corrected chi connectivity index (χ3v) is 4.07. The van der Waals surface area contributed by atoms with Crippen molar-refractivity contribution in [3.63, 3.8) is 0 Å². The Morgan fingerprint density at radius 1 is 1.00 bits per heavy atom. The molecule has 2 aromatic carbocycles. The molecule has 3 N–H and O–H groups in total. The van der Waals surface area contributed by atoms with Crippen molar-refractivity contribution in [2.45, 2.75) is 12.4 Å². The number of carbonyl (C=O) groups is 1. The van der Waals surface area contributed by atoms with Crippen molar-refractivity contribution in [3.05, 3.63) is 75.1 Å². The summed E-state index contributed by atoms with van der Waals surface area (Å²) in [6.07, 6.45) is -8.76. The first-order valence-corrected chi connectivity index (χ1v) is 9.39. The van der Waals surface area contributed by atoms with E-state index in [1.165, 1.54) is 6.08 Å². The summed E-state index contributed by atoms with van der Waals surface area (Å²) in [6, 6.07) is 7.36. The number of benzene rings is 2. The summed E-state index contributed by atoms with van der Waals surface area (Å²) < 4.78 is 103. The third kappa shape index (κ3) is 8.05. The molecule has 0 saturated carbocycles. The number of amides is 1. The van der Waals surface area contributed by atoms with E-state index in [4.69, 9.17) is 16.2 Å². The third-order valence-electron chi connectivity index (χ3n) is 3.24. The van der Waals surface area contributed by atoms with Gasteiger partial charge in [0.1, 0.15) is 0 Å². The molecular formula is C17H12ClF6NO4S. The average molecular weight is 476 g/mol. The molecule has 0 fully saturated rings. The molecule has 0 radical (unpaired) electrons. The molecule has 164 valence electrons. The largest absolute Gasteiger partial charge is 0.417 e. The quantitative estimate of drug-likeness (QED) is 0.481. The van der Waals surface area contributed by atoms with Crippen LogP contribution in [-0.4, -0.2) is 18.9 Å². The lowest BCUT2D eigenvalue weighted by Gasteiger charge is -2.14. The fourth-order valence-electron chi connectivity index (χ4n) is 1.94. The van der Waals surface area contributed by atoms with Gasteiger partial charge in [-0.25, -0.2) is 0 Å².